The van der Waals surface area contributed by atoms with Gasteiger partial charge in [0.05, 0.1) is 25.4 Å². The van der Waals surface area contributed by atoms with Crippen LogP contribution in [0.5, 0.6) is 0 Å². The normalized spacial score (nSPS) is 11.9. The van der Waals surface area contributed by atoms with E-state index in [0.717, 1.165) is 11.1 Å². The van der Waals surface area contributed by atoms with Gasteiger partial charge >= 0.3 is 5.97 Å². The maximum Gasteiger partial charge on any atom is 0.338 e. The summed E-state index contributed by atoms with van der Waals surface area (Å²) in [6.45, 7) is 2.37. The van der Waals surface area contributed by atoms with Crippen molar-refractivity contribution in [2.24, 2.45) is 0 Å². The molecule has 1 atom stereocenters. The molecule has 1 unspecified atom stereocenters. The third-order valence-electron chi connectivity index (χ3n) is 3.18. The molecule has 2 aromatic carbocycles. The molecule has 0 aliphatic heterocycles. The van der Waals surface area contributed by atoms with Gasteiger partial charge in [-0.3, -0.25) is 0 Å². The summed E-state index contributed by atoms with van der Waals surface area (Å²) < 4.78 is 10.6. The van der Waals surface area contributed by atoms with Crippen LogP contribution in [0.2, 0.25) is 0 Å². The Hall–Kier alpha value is -2.13. The van der Waals surface area contributed by atoms with Crippen LogP contribution < -0.4 is 0 Å². The van der Waals surface area contributed by atoms with Gasteiger partial charge < -0.3 is 9.47 Å². The quantitative estimate of drug-likeness (QED) is 0.776. The molecular weight excluding hydrogens is 252 g/mol. The van der Waals surface area contributed by atoms with Gasteiger partial charge in [-0.05, 0) is 24.1 Å². The highest BCUT2D eigenvalue weighted by atomic mass is 16.5. The second-order valence-electron chi connectivity index (χ2n) is 4.51. The molecule has 2 rings (SSSR count). The van der Waals surface area contributed by atoms with E-state index in [4.69, 9.17) is 9.47 Å². The first-order valence-electron chi connectivity index (χ1n) is 6.55. The van der Waals surface area contributed by atoms with Crippen molar-refractivity contribution in [3.05, 3.63) is 71.3 Å². The summed E-state index contributed by atoms with van der Waals surface area (Å²) in [6, 6.07) is 17.3. The molecule has 0 heterocycles. The van der Waals surface area contributed by atoms with E-state index in [9.17, 15) is 4.79 Å². The van der Waals surface area contributed by atoms with E-state index < -0.39 is 0 Å². The van der Waals surface area contributed by atoms with Crippen LogP contribution in [-0.2, 0) is 16.1 Å². The van der Waals surface area contributed by atoms with Gasteiger partial charge in [0.1, 0.15) is 0 Å². The first kappa shape index (κ1) is 14.3. The van der Waals surface area contributed by atoms with Gasteiger partial charge in [-0.1, -0.05) is 48.5 Å². The van der Waals surface area contributed by atoms with Crippen molar-refractivity contribution in [3.8, 4) is 0 Å². The fourth-order valence-corrected chi connectivity index (χ4v) is 1.99. The summed E-state index contributed by atoms with van der Waals surface area (Å²) >= 11 is 0. The lowest BCUT2D eigenvalue weighted by Gasteiger charge is -2.15. The lowest BCUT2D eigenvalue weighted by atomic mass is 10.1. The summed E-state index contributed by atoms with van der Waals surface area (Å²) in [6.07, 6.45) is -0.0260. The zero-order valence-corrected chi connectivity index (χ0v) is 11.7. The Morgan fingerprint density at radius 3 is 2.40 bits per heavy atom. The second kappa shape index (κ2) is 6.87. The summed E-state index contributed by atoms with van der Waals surface area (Å²) in [7, 11) is 1.38. The zero-order chi connectivity index (χ0) is 14.4. The van der Waals surface area contributed by atoms with E-state index in [2.05, 4.69) is 0 Å². The third kappa shape index (κ3) is 3.45. The van der Waals surface area contributed by atoms with Gasteiger partial charge in [0.2, 0.25) is 0 Å². The topological polar surface area (TPSA) is 35.5 Å². The maximum absolute atomic E-state index is 11.7. The molecule has 0 fully saturated rings. The van der Waals surface area contributed by atoms with Crippen molar-refractivity contribution in [2.45, 2.75) is 19.6 Å². The molecule has 0 aliphatic carbocycles. The highest BCUT2D eigenvalue weighted by molar-refractivity contribution is 5.90. The molecule has 0 saturated carbocycles. The Balaban J connectivity index is 2.06. The van der Waals surface area contributed by atoms with E-state index in [1.165, 1.54) is 7.11 Å². The Labute approximate surface area is 119 Å². The minimum Gasteiger partial charge on any atom is -0.465 e. The number of methoxy groups -OCH3 is 1. The molecule has 3 heteroatoms. The lowest BCUT2D eigenvalue weighted by molar-refractivity contribution is 0.0486. The highest BCUT2D eigenvalue weighted by Crippen LogP contribution is 2.19. The Bertz CT molecular complexity index is 563. The zero-order valence-electron chi connectivity index (χ0n) is 11.7. The fourth-order valence-electron chi connectivity index (χ4n) is 1.99. The molecule has 0 spiro atoms. The minimum atomic E-state index is -0.337. The molecule has 20 heavy (non-hydrogen) atoms. The van der Waals surface area contributed by atoms with Crippen LogP contribution in [-0.4, -0.2) is 13.1 Å². The van der Waals surface area contributed by atoms with Crippen LogP contribution in [0, 0.1) is 0 Å². The van der Waals surface area contributed by atoms with Gasteiger partial charge in [-0.25, -0.2) is 4.79 Å². The van der Waals surface area contributed by atoms with Gasteiger partial charge in [-0.15, -0.1) is 0 Å². The SMILES string of the molecule is COC(=O)c1ccccc1COC(C)c1ccccc1. The van der Waals surface area contributed by atoms with E-state index in [0.29, 0.717) is 12.2 Å². The number of ether oxygens (including phenoxy) is 2. The van der Waals surface area contributed by atoms with Crippen LogP contribution in [0.1, 0.15) is 34.5 Å². The fraction of sp³-hybridized carbons (Fsp3) is 0.235. The number of rotatable bonds is 5. The number of carbonyl (C=O) groups excluding carboxylic acids is 1. The molecule has 0 aromatic heterocycles. The molecule has 0 N–H and O–H groups in total. The molecule has 3 nitrogen and oxygen atoms in total. The van der Waals surface area contributed by atoms with Crippen LogP contribution in [0.3, 0.4) is 0 Å². The Kier molecular flexibility index (Phi) is 4.91. The van der Waals surface area contributed by atoms with Crippen molar-refractivity contribution < 1.29 is 14.3 Å². The van der Waals surface area contributed by atoms with Crippen molar-refractivity contribution in [1.82, 2.24) is 0 Å². The summed E-state index contributed by atoms with van der Waals surface area (Å²) in [5.41, 5.74) is 2.50. The van der Waals surface area contributed by atoms with Crippen LogP contribution in [0.25, 0.3) is 0 Å². The molecule has 0 aliphatic rings. The van der Waals surface area contributed by atoms with E-state index in [1.807, 2.05) is 55.5 Å². The number of hydrogen-bond donors (Lipinski definition) is 0. The first-order valence-corrected chi connectivity index (χ1v) is 6.55. The van der Waals surface area contributed by atoms with Crippen molar-refractivity contribution in [1.29, 1.82) is 0 Å². The molecular formula is C17H18O3. The maximum atomic E-state index is 11.7. The lowest BCUT2D eigenvalue weighted by Crippen LogP contribution is -2.08. The number of benzene rings is 2. The van der Waals surface area contributed by atoms with Crippen LogP contribution >= 0.6 is 0 Å². The predicted molar refractivity (Wildman–Crippen MR) is 77.4 cm³/mol. The molecule has 0 bridgehead atoms. The van der Waals surface area contributed by atoms with Crippen molar-refractivity contribution in [3.63, 3.8) is 0 Å². The average Bonchev–Trinajstić information content (AvgIpc) is 2.53. The summed E-state index contributed by atoms with van der Waals surface area (Å²) in [5.74, 6) is -0.337. The van der Waals surface area contributed by atoms with Gasteiger partial charge in [0, 0.05) is 0 Å². The van der Waals surface area contributed by atoms with Gasteiger partial charge in [0.25, 0.3) is 0 Å². The molecule has 104 valence electrons. The van der Waals surface area contributed by atoms with E-state index in [-0.39, 0.29) is 12.1 Å². The predicted octanol–water partition coefficient (Wildman–Crippen LogP) is 3.75. The molecule has 0 saturated heterocycles. The Morgan fingerprint density at radius 2 is 1.70 bits per heavy atom. The van der Waals surface area contributed by atoms with E-state index in [1.54, 1.807) is 6.07 Å². The standard InChI is InChI=1S/C17H18O3/c1-13(14-8-4-3-5-9-14)20-12-15-10-6-7-11-16(15)17(18)19-2/h3-11,13H,12H2,1-2H3. The second-order valence-corrected chi connectivity index (χ2v) is 4.51. The van der Waals surface area contributed by atoms with Gasteiger partial charge in [-0.2, -0.15) is 0 Å². The average molecular weight is 270 g/mol. The minimum absolute atomic E-state index is 0.0260. The highest BCUT2D eigenvalue weighted by Gasteiger charge is 2.12. The van der Waals surface area contributed by atoms with E-state index >= 15 is 0 Å². The number of hydrogen-bond acceptors (Lipinski definition) is 3. The largest absolute Gasteiger partial charge is 0.465 e. The monoisotopic (exact) mass is 270 g/mol. The van der Waals surface area contributed by atoms with Gasteiger partial charge in [0.15, 0.2) is 0 Å². The van der Waals surface area contributed by atoms with Crippen molar-refractivity contribution >= 4 is 5.97 Å². The Morgan fingerprint density at radius 1 is 1.05 bits per heavy atom. The summed E-state index contributed by atoms with van der Waals surface area (Å²) in [5, 5.41) is 0. The molecule has 0 radical (unpaired) electrons. The van der Waals surface area contributed by atoms with Crippen molar-refractivity contribution in [2.75, 3.05) is 7.11 Å². The number of carbonyl (C=O) groups is 1. The van der Waals surface area contributed by atoms with Crippen LogP contribution in [0.15, 0.2) is 54.6 Å². The third-order valence-corrected chi connectivity index (χ3v) is 3.18. The molecule has 0 amide bonds. The smallest absolute Gasteiger partial charge is 0.338 e. The first-order chi connectivity index (χ1) is 9.72. The molecule has 2 aromatic rings. The summed E-state index contributed by atoms with van der Waals surface area (Å²) in [4.78, 5) is 11.7. The van der Waals surface area contributed by atoms with Crippen LogP contribution in [0.4, 0.5) is 0 Å². The number of esters is 1.